The zero-order chi connectivity index (χ0) is 21.0. The molecule has 1 aliphatic heterocycles. The number of aryl methyl sites for hydroxylation is 2. The van der Waals surface area contributed by atoms with Crippen molar-refractivity contribution < 1.29 is 14.6 Å². The first-order chi connectivity index (χ1) is 14.0. The molecule has 1 aliphatic rings. The van der Waals surface area contributed by atoms with E-state index < -0.39 is 0 Å². The van der Waals surface area contributed by atoms with E-state index in [4.69, 9.17) is 4.74 Å². The first-order valence-electron chi connectivity index (χ1n) is 10.6. The van der Waals surface area contributed by atoms with Crippen molar-refractivity contribution in [3.8, 4) is 11.5 Å². The summed E-state index contributed by atoms with van der Waals surface area (Å²) in [7, 11) is 0. The van der Waals surface area contributed by atoms with Crippen LogP contribution in [0.3, 0.4) is 0 Å². The zero-order valence-corrected chi connectivity index (χ0v) is 17.9. The number of ketones is 1. The highest BCUT2D eigenvalue weighted by atomic mass is 16.5. The van der Waals surface area contributed by atoms with Gasteiger partial charge in [0, 0.05) is 6.54 Å². The van der Waals surface area contributed by atoms with Crippen LogP contribution in [0.25, 0.3) is 6.08 Å². The van der Waals surface area contributed by atoms with Gasteiger partial charge in [0.05, 0.1) is 11.1 Å². The normalized spacial score (nSPS) is 14.5. The van der Waals surface area contributed by atoms with E-state index in [-0.39, 0.29) is 11.5 Å². The Hall–Kier alpha value is -2.59. The number of rotatable bonds is 8. The van der Waals surface area contributed by atoms with E-state index in [1.807, 2.05) is 19.1 Å². The van der Waals surface area contributed by atoms with Gasteiger partial charge in [-0.05, 0) is 68.1 Å². The highest BCUT2D eigenvalue weighted by Crippen LogP contribution is 2.42. The number of phenols is 1. The van der Waals surface area contributed by atoms with Crippen molar-refractivity contribution in [2.24, 2.45) is 0 Å². The van der Waals surface area contributed by atoms with E-state index >= 15 is 0 Å². The fourth-order valence-corrected chi connectivity index (χ4v) is 3.86. The highest BCUT2D eigenvalue weighted by Gasteiger charge is 2.33. The number of nitrogens with zero attached hydrogens (tertiary/aromatic N) is 1. The molecular formula is C25H31NO3. The molecule has 2 aromatic carbocycles. The number of benzene rings is 2. The lowest BCUT2D eigenvalue weighted by atomic mass is 9.99. The zero-order valence-electron chi connectivity index (χ0n) is 17.9. The van der Waals surface area contributed by atoms with Gasteiger partial charge in [-0.3, -0.25) is 9.69 Å². The van der Waals surface area contributed by atoms with Crippen molar-refractivity contribution in [1.82, 2.24) is 4.90 Å². The van der Waals surface area contributed by atoms with Crippen molar-refractivity contribution in [3.63, 3.8) is 0 Å². The molecule has 2 aromatic rings. The molecule has 4 heteroatoms. The van der Waals surface area contributed by atoms with Gasteiger partial charge in [-0.15, -0.1) is 0 Å². The third-order valence-electron chi connectivity index (χ3n) is 5.37. The minimum atomic E-state index is -0.115. The molecule has 0 saturated heterocycles. The Morgan fingerprint density at radius 2 is 1.72 bits per heavy atom. The molecule has 0 aromatic heterocycles. The second-order valence-electron chi connectivity index (χ2n) is 7.71. The summed E-state index contributed by atoms with van der Waals surface area (Å²) in [6.07, 6.45) is 4.84. The second-order valence-corrected chi connectivity index (χ2v) is 7.71. The van der Waals surface area contributed by atoms with E-state index in [1.54, 1.807) is 12.1 Å². The first-order valence-corrected chi connectivity index (χ1v) is 10.6. The molecule has 0 unspecified atom stereocenters. The number of allylic oxidation sites excluding steroid dienone is 1. The molecule has 0 fully saturated rings. The minimum Gasteiger partial charge on any atom is -0.507 e. The van der Waals surface area contributed by atoms with E-state index in [2.05, 4.69) is 37.8 Å². The lowest BCUT2D eigenvalue weighted by Crippen LogP contribution is -2.25. The van der Waals surface area contributed by atoms with Crippen molar-refractivity contribution in [3.05, 3.63) is 63.9 Å². The largest absolute Gasteiger partial charge is 0.507 e. The standard InChI is InChI=1S/C25H31NO3/c1-5-12-26(13-6-2)16-20-21(27)14-17(4)23-24(28)22(29-25(20)23)15-19-10-8-18(7-3)9-11-19/h8-11,14-15,27H,5-7,12-13,16H2,1-4H3/b22-15+. The molecule has 0 bridgehead atoms. The first kappa shape index (κ1) is 21.1. The molecule has 0 radical (unpaired) electrons. The van der Waals surface area contributed by atoms with Crippen LogP contribution >= 0.6 is 0 Å². The SMILES string of the molecule is CCCN(CCC)Cc1c(O)cc(C)c2c1O/C(=C/c1ccc(CC)cc1)C2=O. The Kier molecular flexibility index (Phi) is 6.75. The number of hydrogen-bond acceptors (Lipinski definition) is 4. The van der Waals surface area contributed by atoms with Crippen LogP contribution in [-0.4, -0.2) is 28.9 Å². The number of ether oxygens (including phenoxy) is 1. The number of phenolic OH excluding ortho intramolecular Hbond substituents is 1. The fourth-order valence-electron chi connectivity index (χ4n) is 3.86. The number of carbonyl (C=O) groups is 1. The number of aromatic hydroxyl groups is 1. The molecule has 29 heavy (non-hydrogen) atoms. The van der Waals surface area contributed by atoms with E-state index in [0.29, 0.717) is 29.2 Å². The Balaban J connectivity index is 1.96. The van der Waals surface area contributed by atoms with Crippen molar-refractivity contribution in [2.45, 2.75) is 53.5 Å². The minimum absolute atomic E-state index is 0.115. The van der Waals surface area contributed by atoms with E-state index in [0.717, 1.165) is 43.5 Å². The van der Waals surface area contributed by atoms with E-state index in [9.17, 15) is 9.90 Å². The summed E-state index contributed by atoms with van der Waals surface area (Å²) in [5.41, 5.74) is 4.20. The van der Waals surface area contributed by atoms with Crippen molar-refractivity contribution in [2.75, 3.05) is 13.1 Å². The van der Waals surface area contributed by atoms with Gasteiger partial charge < -0.3 is 9.84 Å². The number of fused-ring (bicyclic) bond motifs is 1. The van der Waals surface area contributed by atoms with Crippen LogP contribution in [0.4, 0.5) is 0 Å². The molecule has 0 saturated carbocycles. The summed E-state index contributed by atoms with van der Waals surface area (Å²) in [5.74, 6) is 0.911. The summed E-state index contributed by atoms with van der Waals surface area (Å²) >= 11 is 0. The third kappa shape index (κ3) is 4.54. The molecule has 1 N–H and O–H groups in total. The summed E-state index contributed by atoms with van der Waals surface area (Å²) in [4.78, 5) is 15.4. The molecule has 0 aliphatic carbocycles. The van der Waals surface area contributed by atoms with Gasteiger partial charge in [0.25, 0.3) is 0 Å². The van der Waals surface area contributed by atoms with Crippen LogP contribution in [-0.2, 0) is 13.0 Å². The maximum absolute atomic E-state index is 13.1. The van der Waals surface area contributed by atoms with Gasteiger partial charge in [0.1, 0.15) is 11.5 Å². The second kappa shape index (κ2) is 9.27. The Labute approximate surface area is 173 Å². The monoisotopic (exact) mass is 393 g/mol. The van der Waals surface area contributed by atoms with Gasteiger partial charge in [-0.1, -0.05) is 45.0 Å². The van der Waals surface area contributed by atoms with E-state index in [1.165, 1.54) is 5.56 Å². The quantitative estimate of drug-likeness (QED) is 0.602. The predicted molar refractivity (Wildman–Crippen MR) is 117 cm³/mol. The van der Waals surface area contributed by atoms with Gasteiger partial charge in [0.2, 0.25) is 5.78 Å². The fraction of sp³-hybridized carbons (Fsp3) is 0.400. The molecule has 3 rings (SSSR count). The average Bonchev–Trinajstić information content (AvgIpc) is 3.02. The number of carbonyl (C=O) groups excluding carboxylic acids is 1. The smallest absolute Gasteiger partial charge is 0.232 e. The summed E-state index contributed by atoms with van der Waals surface area (Å²) in [6, 6.07) is 9.82. The lowest BCUT2D eigenvalue weighted by molar-refractivity contribution is 0.101. The van der Waals surface area contributed by atoms with Crippen LogP contribution in [0.1, 0.15) is 66.2 Å². The van der Waals surface area contributed by atoms with Gasteiger partial charge >= 0.3 is 0 Å². The predicted octanol–water partition coefficient (Wildman–Crippen LogP) is 5.50. The van der Waals surface area contributed by atoms with Gasteiger partial charge in [0.15, 0.2) is 5.76 Å². The summed E-state index contributed by atoms with van der Waals surface area (Å²) in [5, 5.41) is 10.6. The number of hydrogen-bond donors (Lipinski definition) is 1. The van der Waals surface area contributed by atoms with Gasteiger partial charge in [-0.25, -0.2) is 0 Å². The molecule has 0 spiro atoms. The molecule has 0 amide bonds. The van der Waals surface area contributed by atoms with Crippen molar-refractivity contribution in [1.29, 1.82) is 0 Å². The lowest BCUT2D eigenvalue weighted by Gasteiger charge is -2.22. The Bertz CT molecular complexity index is 907. The van der Waals surface area contributed by atoms with Gasteiger partial charge in [-0.2, -0.15) is 0 Å². The Morgan fingerprint density at radius 3 is 2.31 bits per heavy atom. The third-order valence-corrected chi connectivity index (χ3v) is 5.37. The van der Waals surface area contributed by atoms with Crippen LogP contribution in [0.15, 0.2) is 36.1 Å². The van der Waals surface area contributed by atoms with Crippen LogP contribution < -0.4 is 4.74 Å². The van der Waals surface area contributed by atoms with Crippen LogP contribution in [0, 0.1) is 6.92 Å². The molecule has 4 nitrogen and oxygen atoms in total. The van der Waals surface area contributed by atoms with Crippen LogP contribution in [0.5, 0.6) is 11.5 Å². The maximum atomic E-state index is 13.1. The molecule has 1 heterocycles. The van der Waals surface area contributed by atoms with Crippen molar-refractivity contribution >= 4 is 11.9 Å². The Morgan fingerprint density at radius 1 is 1.07 bits per heavy atom. The molecule has 154 valence electrons. The highest BCUT2D eigenvalue weighted by molar-refractivity contribution is 6.15. The number of Topliss-reactive ketones (excluding diaryl/α,β-unsaturated/α-hetero) is 1. The summed E-state index contributed by atoms with van der Waals surface area (Å²) in [6.45, 7) is 10.7. The maximum Gasteiger partial charge on any atom is 0.232 e. The topological polar surface area (TPSA) is 49.8 Å². The molecular weight excluding hydrogens is 362 g/mol. The summed E-state index contributed by atoms with van der Waals surface area (Å²) < 4.78 is 6.05. The van der Waals surface area contributed by atoms with Crippen LogP contribution in [0.2, 0.25) is 0 Å². The molecule has 0 atom stereocenters. The average molecular weight is 394 g/mol.